The lowest BCUT2D eigenvalue weighted by Crippen LogP contribution is -2.23. The number of aromatic hydroxyl groups is 1. The molecule has 4 heteroatoms. The van der Waals surface area contributed by atoms with E-state index in [4.69, 9.17) is 11.6 Å². The molecule has 0 aliphatic carbocycles. The summed E-state index contributed by atoms with van der Waals surface area (Å²) in [5.41, 5.74) is 2.74. The number of anilines is 1. The van der Waals surface area contributed by atoms with Crippen LogP contribution in [0.1, 0.15) is 23.5 Å². The number of hydrogen-bond acceptors (Lipinski definition) is 2. The lowest BCUT2D eigenvalue weighted by molar-refractivity contribution is -0.116. The van der Waals surface area contributed by atoms with Gasteiger partial charge in [-0.25, -0.2) is 0 Å². The minimum atomic E-state index is -0.0841. The molecule has 0 aromatic heterocycles. The van der Waals surface area contributed by atoms with E-state index in [1.54, 1.807) is 12.1 Å². The fourth-order valence-corrected chi connectivity index (χ4v) is 3.58. The molecule has 3 nitrogen and oxygen atoms in total. The third kappa shape index (κ3) is 2.25. The van der Waals surface area contributed by atoms with Gasteiger partial charge in [-0.15, -0.1) is 0 Å². The van der Waals surface area contributed by atoms with Crippen molar-refractivity contribution in [1.29, 1.82) is 0 Å². The summed E-state index contributed by atoms with van der Waals surface area (Å²) in [7, 11) is 0. The van der Waals surface area contributed by atoms with Crippen LogP contribution in [0.3, 0.4) is 0 Å². The fourth-order valence-electron chi connectivity index (χ4n) is 3.31. The van der Waals surface area contributed by atoms with E-state index in [-0.39, 0.29) is 17.6 Å². The van der Waals surface area contributed by atoms with Gasteiger partial charge in [-0.05, 0) is 23.3 Å². The maximum Gasteiger partial charge on any atom is 0.225 e. The molecular formula is C19H14ClNO2. The Balaban J connectivity index is 1.98. The Hall–Kier alpha value is -2.52. The smallest absolute Gasteiger partial charge is 0.225 e. The van der Waals surface area contributed by atoms with Gasteiger partial charge in [-0.3, -0.25) is 4.79 Å². The summed E-state index contributed by atoms with van der Waals surface area (Å²) < 4.78 is 0. The molecule has 2 N–H and O–H groups in total. The van der Waals surface area contributed by atoms with Crippen molar-refractivity contribution < 1.29 is 9.90 Å². The van der Waals surface area contributed by atoms with Crippen molar-refractivity contribution in [3.05, 3.63) is 70.7 Å². The number of fused-ring (bicyclic) bond motifs is 3. The number of benzene rings is 3. The molecule has 23 heavy (non-hydrogen) atoms. The molecule has 3 aromatic carbocycles. The zero-order valence-electron chi connectivity index (χ0n) is 12.2. The van der Waals surface area contributed by atoms with Crippen molar-refractivity contribution in [3.8, 4) is 5.75 Å². The highest BCUT2D eigenvalue weighted by Gasteiger charge is 2.29. The number of phenols is 1. The molecule has 0 spiro atoms. The number of halogens is 1. The van der Waals surface area contributed by atoms with E-state index in [9.17, 15) is 9.90 Å². The molecule has 1 amide bonds. The zero-order chi connectivity index (χ0) is 16.0. The normalized spacial score (nSPS) is 16.9. The van der Waals surface area contributed by atoms with Crippen LogP contribution in [-0.2, 0) is 4.79 Å². The molecule has 0 bridgehead atoms. The van der Waals surface area contributed by atoms with E-state index in [1.165, 1.54) is 0 Å². The summed E-state index contributed by atoms with van der Waals surface area (Å²) in [6.07, 6.45) is 0.362. The summed E-state index contributed by atoms with van der Waals surface area (Å²) in [6, 6.07) is 16.8. The van der Waals surface area contributed by atoms with Gasteiger partial charge < -0.3 is 10.4 Å². The molecule has 1 heterocycles. The zero-order valence-corrected chi connectivity index (χ0v) is 13.0. The molecule has 0 radical (unpaired) electrons. The van der Waals surface area contributed by atoms with Gasteiger partial charge in [0.1, 0.15) is 5.75 Å². The molecule has 1 atom stereocenters. The van der Waals surface area contributed by atoms with E-state index in [2.05, 4.69) is 5.32 Å². The van der Waals surface area contributed by atoms with Gasteiger partial charge in [0, 0.05) is 28.1 Å². The van der Waals surface area contributed by atoms with Gasteiger partial charge in [0.25, 0.3) is 0 Å². The quantitative estimate of drug-likeness (QED) is 0.683. The Morgan fingerprint density at radius 1 is 0.957 bits per heavy atom. The second kappa shape index (κ2) is 5.28. The number of amides is 1. The van der Waals surface area contributed by atoms with Crippen molar-refractivity contribution in [2.45, 2.75) is 12.3 Å². The Kier molecular flexibility index (Phi) is 3.24. The fraction of sp³-hybridized carbons (Fsp3) is 0.105. The average molecular weight is 324 g/mol. The minimum Gasteiger partial charge on any atom is -0.507 e. The van der Waals surface area contributed by atoms with Crippen molar-refractivity contribution >= 4 is 34.0 Å². The van der Waals surface area contributed by atoms with Crippen LogP contribution in [0.15, 0.2) is 54.6 Å². The molecule has 114 valence electrons. The van der Waals surface area contributed by atoms with Crippen LogP contribution in [0, 0.1) is 0 Å². The molecule has 0 saturated carbocycles. The third-order valence-electron chi connectivity index (χ3n) is 4.38. The highest BCUT2D eigenvalue weighted by Crippen LogP contribution is 2.43. The number of phenolic OH excluding ortho intramolecular Hbond substituents is 1. The van der Waals surface area contributed by atoms with Crippen LogP contribution in [-0.4, -0.2) is 11.0 Å². The van der Waals surface area contributed by atoms with Crippen molar-refractivity contribution in [1.82, 2.24) is 0 Å². The molecular weight excluding hydrogens is 310 g/mol. The van der Waals surface area contributed by atoms with Gasteiger partial charge in [0.2, 0.25) is 5.91 Å². The highest BCUT2D eigenvalue weighted by atomic mass is 35.5. The van der Waals surface area contributed by atoms with E-state index < -0.39 is 0 Å². The first-order valence-electron chi connectivity index (χ1n) is 7.44. The standard InChI is InChI=1S/C19H14ClNO2/c20-16-6-2-1-4-11(16)15-10-18(23)21-19-13-5-3-7-17(22)12(13)8-9-14(15)19/h1-9,15,22H,10H2,(H,21,23)/t15-/m1/s1. The first-order chi connectivity index (χ1) is 11.1. The predicted molar refractivity (Wildman–Crippen MR) is 92.2 cm³/mol. The van der Waals surface area contributed by atoms with E-state index >= 15 is 0 Å². The lowest BCUT2D eigenvalue weighted by atomic mass is 9.83. The van der Waals surface area contributed by atoms with Crippen molar-refractivity contribution in [2.24, 2.45) is 0 Å². The summed E-state index contributed by atoms with van der Waals surface area (Å²) in [4.78, 5) is 12.2. The SMILES string of the molecule is O=C1C[C@H](c2ccccc2Cl)c2ccc3c(O)cccc3c2N1. The van der Waals surface area contributed by atoms with Crippen LogP contribution in [0.5, 0.6) is 5.75 Å². The Morgan fingerprint density at radius 3 is 2.61 bits per heavy atom. The Morgan fingerprint density at radius 2 is 1.78 bits per heavy atom. The van der Waals surface area contributed by atoms with Crippen LogP contribution in [0.25, 0.3) is 10.8 Å². The maximum absolute atomic E-state index is 12.2. The van der Waals surface area contributed by atoms with E-state index in [1.807, 2.05) is 42.5 Å². The maximum atomic E-state index is 12.2. The summed E-state index contributed by atoms with van der Waals surface area (Å²) >= 11 is 6.34. The predicted octanol–water partition coefficient (Wildman–Crippen LogP) is 4.67. The molecule has 0 fully saturated rings. The monoisotopic (exact) mass is 323 g/mol. The number of carbonyl (C=O) groups excluding carboxylic acids is 1. The number of hydrogen-bond donors (Lipinski definition) is 2. The molecule has 4 rings (SSSR count). The van der Waals surface area contributed by atoms with Gasteiger partial charge >= 0.3 is 0 Å². The van der Waals surface area contributed by atoms with E-state index in [0.29, 0.717) is 11.4 Å². The Labute approximate surface area is 138 Å². The Bertz CT molecular complexity index is 936. The second-order valence-electron chi connectivity index (χ2n) is 5.73. The molecule has 0 saturated heterocycles. The first kappa shape index (κ1) is 14.1. The number of nitrogens with one attached hydrogen (secondary N) is 1. The van der Waals surface area contributed by atoms with Crippen molar-refractivity contribution in [2.75, 3.05) is 5.32 Å². The summed E-state index contributed by atoms with van der Waals surface area (Å²) in [5.74, 6) is 0.0804. The molecule has 0 unspecified atom stereocenters. The first-order valence-corrected chi connectivity index (χ1v) is 7.82. The van der Waals surface area contributed by atoms with Gasteiger partial charge in [-0.2, -0.15) is 0 Å². The third-order valence-corrected chi connectivity index (χ3v) is 4.72. The minimum absolute atomic E-state index is 0.0433. The van der Waals surface area contributed by atoms with E-state index in [0.717, 1.165) is 27.6 Å². The van der Waals surface area contributed by atoms with Crippen LogP contribution < -0.4 is 5.32 Å². The van der Waals surface area contributed by atoms with Crippen LogP contribution in [0.2, 0.25) is 5.02 Å². The lowest BCUT2D eigenvalue weighted by Gasteiger charge is -2.28. The topological polar surface area (TPSA) is 49.3 Å². The average Bonchev–Trinajstić information content (AvgIpc) is 2.55. The highest BCUT2D eigenvalue weighted by molar-refractivity contribution is 6.31. The molecule has 1 aliphatic heterocycles. The van der Waals surface area contributed by atoms with Gasteiger partial charge in [0.05, 0.1) is 5.69 Å². The largest absolute Gasteiger partial charge is 0.507 e. The van der Waals surface area contributed by atoms with Gasteiger partial charge in [0.15, 0.2) is 0 Å². The second-order valence-corrected chi connectivity index (χ2v) is 6.14. The van der Waals surface area contributed by atoms with Gasteiger partial charge in [-0.1, -0.05) is 54.1 Å². The molecule has 1 aliphatic rings. The summed E-state index contributed by atoms with van der Waals surface area (Å²) in [6.45, 7) is 0. The number of carbonyl (C=O) groups is 1. The number of rotatable bonds is 1. The van der Waals surface area contributed by atoms with Crippen molar-refractivity contribution in [3.63, 3.8) is 0 Å². The summed E-state index contributed by atoms with van der Waals surface area (Å²) in [5, 5.41) is 15.2. The van der Waals surface area contributed by atoms with Crippen LogP contribution >= 0.6 is 11.6 Å². The molecule has 3 aromatic rings. The van der Waals surface area contributed by atoms with Crippen LogP contribution in [0.4, 0.5) is 5.69 Å².